The molecule has 0 amide bonds. The number of fused-ring (bicyclic) bond motifs is 1. The molecule has 0 atom stereocenters. The number of ketones is 1. The predicted molar refractivity (Wildman–Crippen MR) is 123 cm³/mol. The Hall–Kier alpha value is -2.90. The Labute approximate surface area is 185 Å². The highest BCUT2D eigenvalue weighted by Gasteiger charge is 2.16. The molecule has 5 nitrogen and oxygen atoms in total. The SMILES string of the molecule is COc1ccc(C(=O)CSc2nc3ccccc3c(=O)n2-c2ccccc2)cc1Br. The van der Waals surface area contributed by atoms with Crippen LogP contribution in [0.1, 0.15) is 10.4 Å². The minimum absolute atomic E-state index is 0.0645. The van der Waals surface area contributed by atoms with Crippen LogP contribution in [0.15, 0.2) is 87.2 Å². The first-order chi connectivity index (χ1) is 14.6. The van der Waals surface area contributed by atoms with Crippen molar-refractivity contribution < 1.29 is 9.53 Å². The standard InChI is InChI=1S/C23H17BrN2O3S/c1-29-21-12-11-15(13-18(21)24)20(27)14-30-23-25-19-10-6-5-9-17(19)22(28)26(23)16-7-3-2-4-8-16/h2-13H,14H2,1H3. The Bertz CT molecular complexity index is 1290. The third-order valence-electron chi connectivity index (χ3n) is 4.57. The maximum Gasteiger partial charge on any atom is 0.266 e. The number of hydrogen-bond donors (Lipinski definition) is 0. The van der Waals surface area contributed by atoms with Crippen LogP contribution in [-0.4, -0.2) is 28.2 Å². The van der Waals surface area contributed by atoms with Gasteiger partial charge < -0.3 is 4.74 Å². The van der Waals surface area contributed by atoms with E-state index in [4.69, 9.17) is 4.74 Å². The summed E-state index contributed by atoms with van der Waals surface area (Å²) in [5, 5.41) is 1.02. The molecule has 0 bridgehead atoms. The van der Waals surface area contributed by atoms with E-state index in [1.807, 2.05) is 42.5 Å². The van der Waals surface area contributed by atoms with Crippen LogP contribution in [0, 0.1) is 0 Å². The molecule has 0 saturated carbocycles. The molecule has 4 aromatic rings. The Balaban J connectivity index is 1.71. The van der Waals surface area contributed by atoms with Crippen LogP contribution in [-0.2, 0) is 0 Å². The van der Waals surface area contributed by atoms with Gasteiger partial charge in [0.25, 0.3) is 5.56 Å². The molecule has 0 spiro atoms. The number of carbonyl (C=O) groups excluding carboxylic acids is 1. The highest BCUT2D eigenvalue weighted by atomic mass is 79.9. The van der Waals surface area contributed by atoms with E-state index in [2.05, 4.69) is 20.9 Å². The Morgan fingerprint density at radius 3 is 2.53 bits per heavy atom. The molecule has 0 saturated heterocycles. The van der Waals surface area contributed by atoms with Crippen LogP contribution < -0.4 is 10.3 Å². The highest BCUT2D eigenvalue weighted by molar-refractivity contribution is 9.10. The summed E-state index contributed by atoms with van der Waals surface area (Å²) < 4.78 is 7.49. The molecule has 7 heteroatoms. The molecule has 30 heavy (non-hydrogen) atoms. The zero-order valence-electron chi connectivity index (χ0n) is 16.0. The van der Waals surface area contributed by atoms with Crippen LogP contribution in [0.5, 0.6) is 5.75 Å². The van der Waals surface area contributed by atoms with E-state index in [1.54, 1.807) is 42.0 Å². The topological polar surface area (TPSA) is 61.2 Å². The normalized spacial score (nSPS) is 10.9. The fourth-order valence-corrected chi connectivity index (χ4v) is 4.52. The van der Waals surface area contributed by atoms with Gasteiger partial charge in [-0.2, -0.15) is 0 Å². The minimum atomic E-state index is -0.158. The number of nitrogens with zero attached hydrogens (tertiary/aromatic N) is 2. The van der Waals surface area contributed by atoms with Crippen molar-refractivity contribution in [2.24, 2.45) is 0 Å². The number of aromatic nitrogens is 2. The third-order valence-corrected chi connectivity index (χ3v) is 6.12. The molecule has 150 valence electrons. The first-order valence-electron chi connectivity index (χ1n) is 9.15. The lowest BCUT2D eigenvalue weighted by atomic mass is 10.1. The molecule has 4 rings (SSSR count). The largest absolute Gasteiger partial charge is 0.496 e. The molecule has 0 aliphatic carbocycles. The fourth-order valence-electron chi connectivity index (χ4n) is 3.07. The fraction of sp³-hybridized carbons (Fsp3) is 0.0870. The van der Waals surface area contributed by atoms with Gasteiger partial charge in [0.05, 0.1) is 33.9 Å². The quantitative estimate of drug-likeness (QED) is 0.217. The Morgan fingerprint density at radius 2 is 1.80 bits per heavy atom. The maximum atomic E-state index is 13.2. The lowest BCUT2D eigenvalue weighted by Crippen LogP contribution is -2.22. The van der Waals surface area contributed by atoms with E-state index < -0.39 is 0 Å². The van der Waals surface area contributed by atoms with Crippen molar-refractivity contribution in [1.82, 2.24) is 9.55 Å². The van der Waals surface area contributed by atoms with Crippen molar-refractivity contribution in [3.63, 3.8) is 0 Å². The molecule has 3 aromatic carbocycles. The smallest absolute Gasteiger partial charge is 0.266 e. The van der Waals surface area contributed by atoms with E-state index in [0.29, 0.717) is 37.5 Å². The zero-order chi connectivity index (χ0) is 21.1. The monoisotopic (exact) mass is 480 g/mol. The first-order valence-corrected chi connectivity index (χ1v) is 10.9. The second kappa shape index (κ2) is 8.85. The lowest BCUT2D eigenvalue weighted by Gasteiger charge is -2.13. The van der Waals surface area contributed by atoms with Crippen LogP contribution in [0.25, 0.3) is 16.6 Å². The van der Waals surface area contributed by atoms with Crippen LogP contribution in [0.3, 0.4) is 0 Å². The molecular formula is C23H17BrN2O3S. The van der Waals surface area contributed by atoms with Gasteiger partial charge >= 0.3 is 0 Å². The number of thioether (sulfide) groups is 1. The Kier molecular flexibility index (Phi) is 6.01. The number of carbonyl (C=O) groups is 1. The number of para-hydroxylation sites is 2. The first kappa shape index (κ1) is 20.4. The van der Waals surface area contributed by atoms with Gasteiger partial charge in [0.15, 0.2) is 10.9 Å². The molecule has 1 aromatic heterocycles. The Morgan fingerprint density at radius 1 is 1.07 bits per heavy atom. The minimum Gasteiger partial charge on any atom is -0.496 e. The number of ether oxygens (including phenoxy) is 1. The molecule has 0 unspecified atom stereocenters. The molecule has 0 aliphatic rings. The lowest BCUT2D eigenvalue weighted by molar-refractivity contribution is 0.102. The van der Waals surface area contributed by atoms with Crippen molar-refractivity contribution in [1.29, 1.82) is 0 Å². The van der Waals surface area contributed by atoms with Gasteiger partial charge in [-0.05, 0) is 58.4 Å². The second-order valence-corrected chi connectivity index (χ2v) is 8.25. The van der Waals surface area contributed by atoms with Crippen molar-refractivity contribution in [2.75, 3.05) is 12.9 Å². The number of halogens is 1. The maximum absolute atomic E-state index is 13.2. The van der Waals surface area contributed by atoms with Gasteiger partial charge in [0.1, 0.15) is 5.75 Å². The van der Waals surface area contributed by atoms with Crippen molar-refractivity contribution in [3.8, 4) is 11.4 Å². The summed E-state index contributed by atoms with van der Waals surface area (Å²) in [6.07, 6.45) is 0. The molecule has 0 N–H and O–H groups in total. The average molecular weight is 481 g/mol. The predicted octanol–water partition coefficient (Wildman–Crippen LogP) is 5.13. The van der Waals surface area contributed by atoms with Crippen LogP contribution in [0.4, 0.5) is 0 Å². The third kappa shape index (κ3) is 4.04. The molecular weight excluding hydrogens is 464 g/mol. The van der Waals surface area contributed by atoms with E-state index in [1.165, 1.54) is 11.8 Å². The summed E-state index contributed by atoms with van der Waals surface area (Å²) in [7, 11) is 1.58. The average Bonchev–Trinajstić information content (AvgIpc) is 2.78. The van der Waals surface area contributed by atoms with E-state index >= 15 is 0 Å². The summed E-state index contributed by atoms with van der Waals surface area (Å²) in [6, 6.07) is 21.8. The summed E-state index contributed by atoms with van der Waals surface area (Å²) >= 11 is 4.65. The van der Waals surface area contributed by atoms with Crippen LogP contribution >= 0.6 is 27.7 Å². The van der Waals surface area contributed by atoms with Crippen molar-refractivity contribution in [3.05, 3.63) is 93.2 Å². The van der Waals surface area contributed by atoms with Crippen molar-refractivity contribution >= 4 is 44.4 Å². The number of rotatable bonds is 6. The van der Waals surface area contributed by atoms with Gasteiger partial charge in [-0.1, -0.05) is 42.1 Å². The summed E-state index contributed by atoms with van der Waals surface area (Å²) in [5.74, 6) is 0.745. The molecule has 1 heterocycles. The summed E-state index contributed by atoms with van der Waals surface area (Å²) in [5.41, 5.74) is 1.72. The molecule has 0 radical (unpaired) electrons. The van der Waals surface area contributed by atoms with Crippen molar-refractivity contribution in [2.45, 2.75) is 5.16 Å². The van der Waals surface area contributed by atoms with Gasteiger partial charge in [0.2, 0.25) is 0 Å². The van der Waals surface area contributed by atoms with E-state index in [-0.39, 0.29) is 17.1 Å². The number of methoxy groups -OCH3 is 1. The second-order valence-electron chi connectivity index (χ2n) is 6.45. The van der Waals surface area contributed by atoms with Gasteiger partial charge in [-0.15, -0.1) is 0 Å². The zero-order valence-corrected chi connectivity index (χ0v) is 18.4. The van der Waals surface area contributed by atoms with Crippen LogP contribution in [0.2, 0.25) is 0 Å². The van der Waals surface area contributed by atoms with E-state index in [9.17, 15) is 9.59 Å². The van der Waals surface area contributed by atoms with Gasteiger partial charge in [-0.3, -0.25) is 14.2 Å². The number of Topliss-reactive ketones (excluding diaryl/α,β-unsaturated/α-hetero) is 1. The molecule has 0 aliphatic heterocycles. The number of benzene rings is 3. The number of hydrogen-bond acceptors (Lipinski definition) is 5. The van der Waals surface area contributed by atoms with Gasteiger partial charge in [0, 0.05) is 5.56 Å². The van der Waals surface area contributed by atoms with Gasteiger partial charge in [-0.25, -0.2) is 4.98 Å². The highest BCUT2D eigenvalue weighted by Crippen LogP contribution is 2.27. The molecule has 0 fully saturated rings. The summed E-state index contributed by atoms with van der Waals surface area (Å²) in [6.45, 7) is 0. The summed E-state index contributed by atoms with van der Waals surface area (Å²) in [4.78, 5) is 30.6. The van der Waals surface area contributed by atoms with E-state index in [0.717, 1.165) is 0 Å².